The van der Waals surface area contributed by atoms with Crippen LogP contribution in [0, 0.1) is 0 Å². The molecule has 0 aromatic heterocycles. The third-order valence-electron chi connectivity index (χ3n) is 14.7. The van der Waals surface area contributed by atoms with Crippen molar-refractivity contribution in [2.75, 3.05) is 40.9 Å². The molecule has 428 valence electrons. The summed E-state index contributed by atoms with van der Waals surface area (Å²) in [5.41, 5.74) is 0. The van der Waals surface area contributed by atoms with E-state index in [0.29, 0.717) is 17.4 Å². The van der Waals surface area contributed by atoms with Crippen LogP contribution < -0.4 is 10.2 Å². The molecular weight excluding hydrogens is 912 g/mol. The number of unbranched alkanes of at least 4 members (excludes halogenated alkanes) is 44. The largest absolute Gasteiger partial charge is 0.756 e. The minimum Gasteiger partial charge on any atom is -0.756 e. The Morgan fingerprint density at radius 3 is 1.12 bits per heavy atom. The normalized spacial score (nSPS) is 13.9. The molecule has 0 fully saturated rings. The second kappa shape index (κ2) is 54.8. The fraction of sp³-hybridized carbons (Fsp3) is 0.921. The van der Waals surface area contributed by atoms with E-state index in [2.05, 4.69) is 31.3 Å². The zero-order valence-electron chi connectivity index (χ0n) is 48.9. The number of quaternary nitrogens is 1. The van der Waals surface area contributed by atoms with E-state index in [9.17, 15) is 19.4 Å². The molecule has 0 aliphatic carbocycles. The molecular formula is C63H125N2O6P. The highest BCUT2D eigenvalue weighted by molar-refractivity contribution is 7.45. The number of hydrogen-bond acceptors (Lipinski definition) is 6. The van der Waals surface area contributed by atoms with Gasteiger partial charge in [-0.1, -0.05) is 308 Å². The van der Waals surface area contributed by atoms with Crippen molar-refractivity contribution in [3.8, 4) is 0 Å². The molecule has 0 spiro atoms. The molecule has 3 atom stereocenters. The van der Waals surface area contributed by atoms with Crippen molar-refractivity contribution in [2.45, 2.75) is 334 Å². The van der Waals surface area contributed by atoms with Crippen LogP contribution in [0.3, 0.4) is 0 Å². The Labute approximate surface area is 449 Å². The van der Waals surface area contributed by atoms with E-state index >= 15 is 0 Å². The van der Waals surface area contributed by atoms with Crippen molar-refractivity contribution in [2.24, 2.45) is 0 Å². The Balaban J connectivity index is 3.76. The number of nitrogens with one attached hydrogen (secondary N) is 1. The Kier molecular flexibility index (Phi) is 54.0. The fourth-order valence-corrected chi connectivity index (χ4v) is 10.4. The van der Waals surface area contributed by atoms with Crippen LogP contribution in [0.25, 0.3) is 0 Å². The van der Waals surface area contributed by atoms with Crippen molar-refractivity contribution in [1.82, 2.24) is 5.32 Å². The first-order valence-electron chi connectivity index (χ1n) is 31.7. The fourth-order valence-electron chi connectivity index (χ4n) is 9.70. The van der Waals surface area contributed by atoms with Gasteiger partial charge in [0.2, 0.25) is 5.91 Å². The summed E-state index contributed by atoms with van der Waals surface area (Å²) in [7, 11) is 1.25. The van der Waals surface area contributed by atoms with Crippen molar-refractivity contribution < 1.29 is 32.9 Å². The lowest BCUT2D eigenvalue weighted by Gasteiger charge is -2.29. The van der Waals surface area contributed by atoms with Crippen LogP contribution in [0.2, 0.25) is 0 Å². The number of aliphatic hydroxyl groups is 1. The Morgan fingerprint density at radius 1 is 0.472 bits per heavy atom. The van der Waals surface area contributed by atoms with Crippen LogP contribution in [0.15, 0.2) is 24.3 Å². The maximum absolute atomic E-state index is 12.9. The predicted molar refractivity (Wildman–Crippen MR) is 312 cm³/mol. The van der Waals surface area contributed by atoms with E-state index in [0.717, 1.165) is 38.5 Å². The number of nitrogens with zero attached hydrogens (tertiary/aromatic N) is 1. The summed E-state index contributed by atoms with van der Waals surface area (Å²) in [6.45, 7) is 4.62. The molecule has 0 aromatic carbocycles. The molecule has 0 radical (unpaired) electrons. The third-order valence-corrected chi connectivity index (χ3v) is 15.6. The molecule has 2 N–H and O–H groups in total. The highest BCUT2D eigenvalue weighted by atomic mass is 31.2. The van der Waals surface area contributed by atoms with E-state index in [-0.39, 0.29) is 19.1 Å². The van der Waals surface area contributed by atoms with Gasteiger partial charge in [0, 0.05) is 6.42 Å². The van der Waals surface area contributed by atoms with Gasteiger partial charge in [0.15, 0.2) is 0 Å². The van der Waals surface area contributed by atoms with Gasteiger partial charge < -0.3 is 28.8 Å². The van der Waals surface area contributed by atoms with Gasteiger partial charge in [-0.2, -0.15) is 0 Å². The monoisotopic (exact) mass is 1040 g/mol. The van der Waals surface area contributed by atoms with Crippen molar-refractivity contribution in [1.29, 1.82) is 0 Å². The predicted octanol–water partition coefficient (Wildman–Crippen LogP) is 18.9. The van der Waals surface area contributed by atoms with Gasteiger partial charge in [-0.3, -0.25) is 9.36 Å². The van der Waals surface area contributed by atoms with Crippen molar-refractivity contribution in [3.63, 3.8) is 0 Å². The average molecular weight is 1040 g/mol. The molecule has 3 unspecified atom stereocenters. The summed E-state index contributed by atoms with van der Waals surface area (Å²) in [6.07, 6.45) is 70.5. The number of likely N-dealkylation sites (N-methyl/N-ethyl adjacent to an activating group) is 1. The zero-order valence-corrected chi connectivity index (χ0v) is 49.8. The molecule has 0 aromatic rings. The highest BCUT2D eigenvalue weighted by Crippen LogP contribution is 2.38. The number of carbonyl (C=O) groups is 1. The average Bonchev–Trinajstić information content (AvgIpc) is 3.34. The summed E-state index contributed by atoms with van der Waals surface area (Å²) in [5, 5.41) is 13.8. The second-order valence-electron chi connectivity index (χ2n) is 23.1. The van der Waals surface area contributed by atoms with Gasteiger partial charge in [0.1, 0.15) is 13.2 Å². The number of phosphoric acid groups is 1. The number of amides is 1. The second-order valence-corrected chi connectivity index (χ2v) is 24.5. The van der Waals surface area contributed by atoms with Crippen molar-refractivity contribution in [3.05, 3.63) is 24.3 Å². The first kappa shape index (κ1) is 71.0. The lowest BCUT2D eigenvalue weighted by molar-refractivity contribution is -0.870. The number of hydrogen-bond donors (Lipinski definition) is 2. The lowest BCUT2D eigenvalue weighted by atomic mass is 10.0. The minimum atomic E-state index is -4.59. The summed E-state index contributed by atoms with van der Waals surface area (Å²) in [5.74, 6) is -0.203. The maximum atomic E-state index is 12.9. The van der Waals surface area contributed by atoms with Gasteiger partial charge in [-0.05, 0) is 32.1 Å². The maximum Gasteiger partial charge on any atom is 0.268 e. The molecule has 0 saturated carbocycles. The molecule has 8 nitrogen and oxygen atoms in total. The van der Waals surface area contributed by atoms with Crippen LogP contribution in [-0.4, -0.2) is 68.5 Å². The van der Waals surface area contributed by atoms with Gasteiger partial charge in [-0.25, -0.2) is 0 Å². The number of allylic oxidation sites excluding steroid dienone is 3. The lowest BCUT2D eigenvalue weighted by Crippen LogP contribution is -2.45. The summed E-state index contributed by atoms with van der Waals surface area (Å²) < 4.78 is 23.2. The molecule has 0 rings (SSSR count). The number of rotatable bonds is 59. The topological polar surface area (TPSA) is 108 Å². The summed E-state index contributed by atoms with van der Waals surface area (Å²) >= 11 is 0. The molecule has 9 heteroatoms. The molecule has 72 heavy (non-hydrogen) atoms. The molecule has 0 saturated heterocycles. The first-order chi connectivity index (χ1) is 35.0. The van der Waals surface area contributed by atoms with Crippen LogP contribution in [0.5, 0.6) is 0 Å². The van der Waals surface area contributed by atoms with E-state index < -0.39 is 20.0 Å². The zero-order chi connectivity index (χ0) is 52.7. The highest BCUT2D eigenvalue weighted by Gasteiger charge is 2.23. The van der Waals surface area contributed by atoms with Crippen LogP contribution in [0.1, 0.15) is 322 Å². The van der Waals surface area contributed by atoms with E-state index in [1.165, 1.54) is 263 Å². The van der Waals surface area contributed by atoms with E-state index in [1.54, 1.807) is 6.08 Å². The Morgan fingerprint density at radius 2 is 0.778 bits per heavy atom. The molecule has 0 aliphatic heterocycles. The number of aliphatic hydroxyl groups excluding tert-OH is 1. The van der Waals surface area contributed by atoms with Crippen LogP contribution >= 0.6 is 7.82 Å². The van der Waals surface area contributed by atoms with Gasteiger partial charge in [0.05, 0.1) is 39.9 Å². The minimum absolute atomic E-state index is 0.00429. The van der Waals surface area contributed by atoms with Crippen molar-refractivity contribution >= 4 is 13.7 Å². The number of carbonyl (C=O) groups excluding carboxylic acids is 1. The smallest absolute Gasteiger partial charge is 0.268 e. The number of phosphoric ester groups is 1. The van der Waals surface area contributed by atoms with Gasteiger partial charge >= 0.3 is 0 Å². The van der Waals surface area contributed by atoms with Crippen LogP contribution in [0.4, 0.5) is 0 Å². The third kappa shape index (κ3) is 56.7. The first-order valence-corrected chi connectivity index (χ1v) is 33.2. The molecule has 0 heterocycles. The van der Waals surface area contributed by atoms with E-state index in [4.69, 9.17) is 9.05 Å². The van der Waals surface area contributed by atoms with Gasteiger partial charge in [0.25, 0.3) is 7.82 Å². The summed E-state index contributed by atoms with van der Waals surface area (Å²) in [4.78, 5) is 25.4. The standard InChI is InChI=1S/C63H125N2O6P/c1-6-8-10-12-14-16-18-19-20-21-22-23-24-25-26-27-28-29-30-31-32-33-34-35-36-37-38-39-40-41-42-43-44-45-46-47-49-51-53-55-57-63(67)64-61(60-71-72(68,69)70-59-58-65(3,4)5)62(66)56-54-52-50-48-17-15-13-11-9-7-2/h17,48,54,56,61-62,66H,6-16,18-47,49-53,55,57-60H2,1-5H3,(H-,64,67,68,69)/b48-17+,56-54+. The molecule has 1 amide bonds. The van der Waals surface area contributed by atoms with E-state index in [1.807, 2.05) is 27.2 Å². The Hall–Kier alpha value is -1.02. The molecule has 0 bridgehead atoms. The SMILES string of the molecule is CCCCCC/C=C/CC/C=C/C(O)C(COP(=O)([O-])OCC[N+](C)(C)C)NC(=O)CCCCCCCCCCCCCCCCCCCCCCCCCCCCCCCCCCCCCCCCCC. The van der Waals surface area contributed by atoms with Crippen LogP contribution in [-0.2, 0) is 18.4 Å². The summed E-state index contributed by atoms with van der Waals surface area (Å²) in [6, 6.07) is -0.898. The quantitative estimate of drug-likeness (QED) is 0.0272. The molecule has 0 aliphatic rings. The Bertz CT molecular complexity index is 1220. The van der Waals surface area contributed by atoms with Gasteiger partial charge in [-0.15, -0.1) is 0 Å².